The number of carbonyl (C=O) groups excluding carboxylic acids is 2. The molecular weight excluding hydrogens is 451 g/mol. The van der Waals surface area contributed by atoms with Crippen LogP contribution in [0.4, 0.5) is 10.1 Å². The fourth-order valence-corrected chi connectivity index (χ4v) is 5.22. The predicted molar refractivity (Wildman–Crippen MR) is 120 cm³/mol. The Hall–Kier alpha value is -2.98. The number of anilines is 1. The SMILES string of the molecule is CN(C1CCCCC1)S(=O)(=O)c1ccccc1NC(=O)COC(=O)COc1ccccc1F. The minimum atomic E-state index is -3.83. The van der Waals surface area contributed by atoms with Crippen molar-refractivity contribution in [1.82, 2.24) is 4.31 Å². The summed E-state index contributed by atoms with van der Waals surface area (Å²) < 4.78 is 51.1. The number of sulfonamides is 1. The van der Waals surface area contributed by atoms with E-state index < -0.39 is 40.9 Å². The van der Waals surface area contributed by atoms with Crippen molar-refractivity contribution in [3.05, 3.63) is 54.3 Å². The van der Waals surface area contributed by atoms with Crippen LogP contribution in [0.25, 0.3) is 0 Å². The van der Waals surface area contributed by atoms with Gasteiger partial charge in [0.1, 0.15) is 4.90 Å². The number of esters is 1. The van der Waals surface area contributed by atoms with Gasteiger partial charge < -0.3 is 14.8 Å². The standard InChI is InChI=1S/C23H27FN2O6S/c1-26(17-9-3-2-4-10-17)33(29,30)21-14-8-6-12-19(21)25-22(27)15-32-23(28)16-31-20-13-7-5-11-18(20)24/h5-8,11-14,17H,2-4,9-10,15-16H2,1H3,(H,25,27). The second kappa shape index (κ2) is 11.2. The number of nitrogens with one attached hydrogen (secondary N) is 1. The molecule has 0 unspecified atom stereocenters. The van der Waals surface area contributed by atoms with E-state index in [0.29, 0.717) is 0 Å². The van der Waals surface area contributed by atoms with Gasteiger partial charge in [0.2, 0.25) is 10.0 Å². The molecule has 1 amide bonds. The number of hydrogen-bond acceptors (Lipinski definition) is 6. The van der Waals surface area contributed by atoms with Crippen LogP contribution in [0.5, 0.6) is 5.75 Å². The molecule has 1 aliphatic rings. The molecule has 1 aliphatic carbocycles. The van der Waals surface area contributed by atoms with Crippen LogP contribution >= 0.6 is 0 Å². The van der Waals surface area contributed by atoms with Crippen LogP contribution in [0, 0.1) is 5.82 Å². The number of nitrogens with zero attached hydrogens (tertiary/aromatic N) is 1. The predicted octanol–water partition coefficient (Wildman–Crippen LogP) is 3.34. The molecule has 0 aromatic heterocycles. The monoisotopic (exact) mass is 478 g/mol. The highest BCUT2D eigenvalue weighted by Crippen LogP contribution is 2.29. The lowest BCUT2D eigenvalue weighted by Crippen LogP contribution is -2.38. The molecule has 2 aromatic rings. The Bertz CT molecular complexity index is 1090. The molecule has 1 fully saturated rings. The highest BCUT2D eigenvalue weighted by molar-refractivity contribution is 7.89. The van der Waals surface area contributed by atoms with Gasteiger partial charge in [0.25, 0.3) is 5.91 Å². The van der Waals surface area contributed by atoms with Gasteiger partial charge in [0.15, 0.2) is 24.8 Å². The molecule has 178 valence electrons. The number of halogens is 1. The molecule has 1 saturated carbocycles. The lowest BCUT2D eigenvalue weighted by Gasteiger charge is -2.30. The third-order valence-corrected chi connectivity index (χ3v) is 7.42. The molecule has 3 rings (SSSR count). The molecule has 0 aliphatic heterocycles. The van der Waals surface area contributed by atoms with Crippen molar-refractivity contribution < 1.29 is 31.9 Å². The highest BCUT2D eigenvalue weighted by atomic mass is 32.2. The molecule has 0 atom stereocenters. The fourth-order valence-electron chi connectivity index (χ4n) is 3.66. The maximum absolute atomic E-state index is 13.5. The van der Waals surface area contributed by atoms with Crippen molar-refractivity contribution in [2.24, 2.45) is 0 Å². The van der Waals surface area contributed by atoms with Gasteiger partial charge in [-0.15, -0.1) is 0 Å². The molecule has 10 heteroatoms. The van der Waals surface area contributed by atoms with Gasteiger partial charge in [-0.2, -0.15) is 4.31 Å². The molecule has 0 bridgehead atoms. The zero-order valence-electron chi connectivity index (χ0n) is 18.3. The van der Waals surface area contributed by atoms with Gasteiger partial charge in [-0.25, -0.2) is 17.6 Å². The van der Waals surface area contributed by atoms with E-state index in [2.05, 4.69) is 5.32 Å². The number of hydrogen-bond donors (Lipinski definition) is 1. The van der Waals surface area contributed by atoms with E-state index in [1.165, 1.54) is 34.6 Å². The number of ether oxygens (including phenoxy) is 2. The Balaban J connectivity index is 1.58. The molecule has 1 N–H and O–H groups in total. The Morgan fingerprint density at radius 2 is 1.70 bits per heavy atom. The smallest absolute Gasteiger partial charge is 0.344 e. The van der Waals surface area contributed by atoms with Gasteiger partial charge in [0.05, 0.1) is 5.69 Å². The highest BCUT2D eigenvalue weighted by Gasteiger charge is 2.31. The van der Waals surface area contributed by atoms with Crippen LogP contribution in [-0.2, 0) is 24.3 Å². The topological polar surface area (TPSA) is 102 Å². The summed E-state index contributed by atoms with van der Waals surface area (Å²) in [4.78, 5) is 24.1. The summed E-state index contributed by atoms with van der Waals surface area (Å²) in [5.41, 5.74) is 0.101. The van der Waals surface area contributed by atoms with Gasteiger partial charge in [-0.05, 0) is 37.1 Å². The minimum absolute atomic E-state index is 0.0272. The third-order valence-electron chi connectivity index (χ3n) is 5.45. The third kappa shape index (κ3) is 6.52. The van der Waals surface area contributed by atoms with E-state index in [1.54, 1.807) is 25.2 Å². The summed E-state index contributed by atoms with van der Waals surface area (Å²) in [7, 11) is -2.28. The second-order valence-electron chi connectivity index (χ2n) is 7.74. The summed E-state index contributed by atoms with van der Waals surface area (Å²) in [5.74, 6) is -2.32. The average Bonchev–Trinajstić information content (AvgIpc) is 2.82. The minimum Gasteiger partial charge on any atom is -0.479 e. The van der Waals surface area contributed by atoms with E-state index >= 15 is 0 Å². The summed E-state index contributed by atoms with van der Waals surface area (Å²) in [6.07, 6.45) is 4.66. The van der Waals surface area contributed by atoms with Crippen molar-refractivity contribution in [3.8, 4) is 5.75 Å². The maximum atomic E-state index is 13.5. The quantitative estimate of drug-likeness (QED) is 0.555. The van der Waals surface area contributed by atoms with Crippen LogP contribution in [0.3, 0.4) is 0 Å². The van der Waals surface area contributed by atoms with E-state index in [1.807, 2.05) is 0 Å². The lowest BCUT2D eigenvalue weighted by atomic mass is 9.96. The van der Waals surface area contributed by atoms with Crippen LogP contribution in [-0.4, -0.2) is 50.9 Å². The van der Waals surface area contributed by atoms with Crippen LogP contribution in [0.15, 0.2) is 53.4 Å². The van der Waals surface area contributed by atoms with E-state index in [4.69, 9.17) is 9.47 Å². The van der Waals surface area contributed by atoms with Crippen molar-refractivity contribution in [1.29, 1.82) is 0 Å². The van der Waals surface area contributed by atoms with Crippen molar-refractivity contribution in [2.75, 3.05) is 25.6 Å². The molecule has 2 aromatic carbocycles. The zero-order valence-corrected chi connectivity index (χ0v) is 19.1. The van der Waals surface area contributed by atoms with Gasteiger partial charge in [0, 0.05) is 13.1 Å². The van der Waals surface area contributed by atoms with E-state index in [9.17, 15) is 22.4 Å². The van der Waals surface area contributed by atoms with Crippen molar-refractivity contribution >= 4 is 27.6 Å². The van der Waals surface area contributed by atoms with Crippen LogP contribution in [0.2, 0.25) is 0 Å². The summed E-state index contributed by atoms with van der Waals surface area (Å²) in [5, 5.41) is 2.49. The first-order chi connectivity index (χ1) is 15.8. The summed E-state index contributed by atoms with van der Waals surface area (Å²) in [6, 6.07) is 11.6. The summed E-state index contributed by atoms with van der Waals surface area (Å²) >= 11 is 0. The van der Waals surface area contributed by atoms with Gasteiger partial charge in [-0.3, -0.25) is 4.79 Å². The zero-order chi connectivity index (χ0) is 23.8. The molecule has 8 nitrogen and oxygen atoms in total. The molecule has 33 heavy (non-hydrogen) atoms. The first kappa shape index (κ1) is 24.7. The molecule has 0 heterocycles. The number of carbonyl (C=O) groups is 2. The molecule has 0 spiro atoms. The number of benzene rings is 2. The van der Waals surface area contributed by atoms with Gasteiger partial charge in [-0.1, -0.05) is 43.5 Å². The van der Waals surface area contributed by atoms with Crippen molar-refractivity contribution in [2.45, 2.75) is 43.0 Å². The van der Waals surface area contributed by atoms with Crippen molar-refractivity contribution in [3.63, 3.8) is 0 Å². The van der Waals surface area contributed by atoms with Crippen LogP contribution < -0.4 is 10.1 Å². The maximum Gasteiger partial charge on any atom is 0.344 e. The number of amides is 1. The summed E-state index contributed by atoms with van der Waals surface area (Å²) in [6.45, 7) is -1.22. The first-order valence-corrected chi connectivity index (χ1v) is 12.1. The normalized spacial score (nSPS) is 14.6. The fraction of sp³-hybridized carbons (Fsp3) is 0.391. The average molecular weight is 479 g/mol. The Kier molecular flexibility index (Phi) is 8.40. The Labute approximate surface area is 192 Å². The van der Waals surface area contributed by atoms with E-state index in [0.717, 1.165) is 32.1 Å². The number of para-hydroxylation sites is 2. The lowest BCUT2D eigenvalue weighted by molar-refractivity contribution is -0.149. The Morgan fingerprint density at radius 1 is 1.03 bits per heavy atom. The van der Waals surface area contributed by atoms with Gasteiger partial charge >= 0.3 is 5.97 Å². The molecular formula is C23H27FN2O6S. The molecule has 0 saturated heterocycles. The molecule has 0 radical (unpaired) electrons. The second-order valence-corrected chi connectivity index (χ2v) is 9.70. The van der Waals surface area contributed by atoms with Crippen LogP contribution in [0.1, 0.15) is 32.1 Å². The number of rotatable bonds is 9. The van der Waals surface area contributed by atoms with E-state index in [-0.39, 0.29) is 22.4 Å². The first-order valence-electron chi connectivity index (χ1n) is 10.7. The Morgan fingerprint density at radius 3 is 2.42 bits per heavy atom. The largest absolute Gasteiger partial charge is 0.479 e.